The minimum atomic E-state index is -0.538. The summed E-state index contributed by atoms with van der Waals surface area (Å²) in [6.45, 7) is 6.54. The van der Waals surface area contributed by atoms with Gasteiger partial charge in [-0.3, -0.25) is 9.59 Å². The summed E-state index contributed by atoms with van der Waals surface area (Å²) >= 11 is 0. The Kier molecular flexibility index (Phi) is 8.20. The van der Waals surface area contributed by atoms with E-state index < -0.39 is 5.60 Å². The van der Waals surface area contributed by atoms with Crippen molar-refractivity contribution in [3.63, 3.8) is 0 Å². The highest BCUT2D eigenvalue weighted by Gasteiger charge is 2.20. The summed E-state index contributed by atoms with van der Waals surface area (Å²) in [5.41, 5.74) is 1.48. The van der Waals surface area contributed by atoms with Crippen LogP contribution in [0.15, 0.2) is 60.7 Å². The Balaban J connectivity index is 1.92. The van der Waals surface area contributed by atoms with Crippen LogP contribution in [-0.2, 0) is 32.2 Å². The molecule has 0 atom stereocenters. The lowest BCUT2D eigenvalue weighted by Gasteiger charge is -2.24. The summed E-state index contributed by atoms with van der Waals surface area (Å²) in [6, 6.07) is 19.4. The zero-order chi connectivity index (χ0) is 20.4. The highest BCUT2D eigenvalue weighted by molar-refractivity contribution is 5.78. The molecule has 0 unspecified atom stereocenters. The molecule has 0 saturated heterocycles. The third kappa shape index (κ3) is 8.35. The van der Waals surface area contributed by atoms with Gasteiger partial charge < -0.3 is 14.4 Å². The van der Waals surface area contributed by atoms with Crippen LogP contribution in [0.3, 0.4) is 0 Å². The quantitative estimate of drug-likeness (QED) is 0.615. The van der Waals surface area contributed by atoms with Gasteiger partial charge in [0.15, 0.2) is 0 Å². The molecule has 2 aromatic rings. The number of ether oxygens (including phenoxy) is 2. The van der Waals surface area contributed by atoms with Crippen molar-refractivity contribution in [2.75, 3.05) is 13.2 Å². The van der Waals surface area contributed by atoms with Crippen LogP contribution in [0.4, 0.5) is 0 Å². The molecule has 0 heterocycles. The average Bonchev–Trinajstić information content (AvgIpc) is 2.65. The fraction of sp³-hybridized carbons (Fsp3) is 0.391. The molecule has 0 aliphatic heterocycles. The van der Waals surface area contributed by atoms with E-state index in [1.807, 2.05) is 81.4 Å². The maximum atomic E-state index is 12.7. The number of carbonyl (C=O) groups excluding carboxylic acids is 2. The van der Waals surface area contributed by atoms with Crippen molar-refractivity contribution in [1.29, 1.82) is 0 Å². The van der Waals surface area contributed by atoms with E-state index >= 15 is 0 Å². The number of hydrogen-bond acceptors (Lipinski definition) is 4. The lowest BCUT2D eigenvalue weighted by Crippen LogP contribution is -2.36. The Morgan fingerprint density at radius 1 is 0.893 bits per heavy atom. The Labute approximate surface area is 167 Å². The van der Waals surface area contributed by atoms with Crippen LogP contribution in [0, 0.1) is 0 Å². The molecule has 0 aromatic heterocycles. The number of esters is 1. The van der Waals surface area contributed by atoms with Gasteiger partial charge in [-0.1, -0.05) is 60.7 Å². The smallest absolute Gasteiger partial charge is 0.308 e. The fourth-order valence-corrected chi connectivity index (χ4v) is 2.64. The Morgan fingerprint density at radius 2 is 1.46 bits per heavy atom. The molecular weight excluding hydrogens is 354 g/mol. The van der Waals surface area contributed by atoms with Crippen molar-refractivity contribution in [2.45, 2.75) is 45.9 Å². The zero-order valence-electron chi connectivity index (χ0n) is 16.9. The van der Waals surface area contributed by atoms with E-state index in [2.05, 4.69) is 0 Å². The van der Waals surface area contributed by atoms with Crippen molar-refractivity contribution in [2.24, 2.45) is 0 Å². The minimum absolute atomic E-state index is 0.0317. The van der Waals surface area contributed by atoms with Crippen molar-refractivity contribution in [3.8, 4) is 0 Å². The van der Waals surface area contributed by atoms with E-state index in [1.165, 1.54) is 0 Å². The van der Waals surface area contributed by atoms with E-state index in [4.69, 9.17) is 9.47 Å². The maximum absolute atomic E-state index is 12.7. The van der Waals surface area contributed by atoms with Crippen molar-refractivity contribution in [1.82, 2.24) is 4.90 Å². The molecule has 0 spiro atoms. The molecule has 0 N–H and O–H groups in total. The van der Waals surface area contributed by atoms with Gasteiger partial charge in [0.2, 0.25) is 5.91 Å². The second-order valence-electron chi connectivity index (χ2n) is 7.62. The lowest BCUT2D eigenvalue weighted by molar-refractivity contribution is -0.155. The normalized spacial score (nSPS) is 11.1. The van der Waals surface area contributed by atoms with Crippen LogP contribution in [0.2, 0.25) is 0 Å². The molecule has 0 saturated carbocycles. The SMILES string of the molecule is CC(C)(C)OC(=O)CCN(Cc1ccccc1)C(=O)COCc1ccccc1. The topological polar surface area (TPSA) is 55.8 Å². The van der Waals surface area contributed by atoms with Crippen LogP contribution < -0.4 is 0 Å². The van der Waals surface area contributed by atoms with Gasteiger partial charge in [0.25, 0.3) is 0 Å². The first kappa shape index (κ1) is 21.6. The molecule has 0 aliphatic carbocycles. The summed E-state index contributed by atoms with van der Waals surface area (Å²) in [4.78, 5) is 26.4. The van der Waals surface area contributed by atoms with E-state index in [-0.39, 0.29) is 31.4 Å². The second-order valence-corrected chi connectivity index (χ2v) is 7.62. The molecule has 2 aromatic carbocycles. The predicted molar refractivity (Wildman–Crippen MR) is 108 cm³/mol. The highest BCUT2D eigenvalue weighted by Crippen LogP contribution is 2.11. The standard InChI is InChI=1S/C23H29NO4/c1-23(2,3)28-22(26)14-15-24(16-19-10-6-4-7-11-19)21(25)18-27-17-20-12-8-5-9-13-20/h4-13H,14-18H2,1-3H3. The molecule has 5 nitrogen and oxygen atoms in total. The third-order valence-electron chi connectivity index (χ3n) is 3.91. The van der Waals surface area contributed by atoms with Gasteiger partial charge in [0.1, 0.15) is 12.2 Å². The van der Waals surface area contributed by atoms with E-state index in [0.29, 0.717) is 13.2 Å². The molecule has 150 valence electrons. The number of hydrogen-bond donors (Lipinski definition) is 0. The number of rotatable bonds is 9. The van der Waals surface area contributed by atoms with Crippen molar-refractivity contribution < 1.29 is 19.1 Å². The van der Waals surface area contributed by atoms with E-state index in [1.54, 1.807) is 4.90 Å². The Bertz CT molecular complexity index is 738. The summed E-state index contributed by atoms with van der Waals surface area (Å²) in [5.74, 6) is -0.466. The monoisotopic (exact) mass is 383 g/mol. The maximum Gasteiger partial charge on any atom is 0.308 e. The van der Waals surface area contributed by atoms with Gasteiger partial charge in [-0.2, -0.15) is 0 Å². The fourth-order valence-electron chi connectivity index (χ4n) is 2.64. The molecule has 1 amide bonds. The van der Waals surface area contributed by atoms with Crippen LogP contribution in [0.1, 0.15) is 38.3 Å². The first-order valence-corrected chi connectivity index (χ1v) is 9.49. The third-order valence-corrected chi connectivity index (χ3v) is 3.91. The number of nitrogens with zero attached hydrogens (tertiary/aromatic N) is 1. The van der Waals surface area contributed by atoms with Gasteiger partial charge in [-0.05, 0) is 31.9 Å². The first-order valence-electron chi connectivity index (χ1n) is 9.49. The zero-order valence-corrected chi connectivity index (χ0v) is 16.9. The second kappa shape index (κ2) is 10.6. The number of carbonyl (C=O) groups is 2. The summed E-state index contributed by atoms with van der Waals surface area (Å²) < 4.78 is 10.9. The van der Waals surface area contributed by atoms with Crippen LogP contribution in [-0.4, -0.2) is 35.5 Å². The van der Waals surface area contributed by atoms with E-state index in [0.717, 1.165) is 11.1 Å². The lowest BCUT2D eigenvalue weighted by atomic mass is 10.2. The van der Waals surface area contributed by atoms with Gasteiger partial charge in [-0.15, -0.1) is 0 Å². The average molecular weight is 383 g/mol. The van der Waals surface area contributed by atoms with Crippen LogP contribution in [0.5, 0.6) is 0 Å². The first-order chi connectivity index (χ1) is 13.3. The van der Waals surface area contributed by atoms with Gasteiger partial charge in [0, 0.05) is 13.1 Å². The summed E-state index contributed by atoms with van der Waals surface area (Å²) in [6.07, 6.45) is 0.147. The minimum Gasteiger partial charge on any atom is -0.460 e. The summed E-state index contributed by atoms with van der Waals surface area (Å²) in [7, 11) is 0. The molecular formula is C23H29NO4. The van der Waals surface area contributed by atoms with Gasteiger partial charge in [0.05, 0.1) is 13.0 Å². The number of amides is 1. The molecule has 0 aliphatic rings. The number of benzene rings is 2. The van der Waals surface area contributed by atoms with Crippen LogP contribution >= 0.6 is 0 Å². The van der Waals surface area contributed by atoms with Gasteiger partial charge >= 0.3 is 5.97 Å². The predicted octanol–water partition coefficient (Wildman–Crippen LogP) is 3.96. The molecule has 2 rings (SSSR count). The molecule has 5 heteroatoms. The summed E-state index contributed by atoms with van der Waals surface area (Å²) in [5, 5.41) is 0. The largest absolute Gasteiger partial charge is 0.460 e. The molecule has 28 heavy (non-hydrogen) atoms. The van der Waals surface area contributed by atoms with Crippen molar-refractivity contribution in [3.05, 3.63) is 71.8 Å². The van der Waals surface area contributed by atoms with Crippen LogP contribution in [0.25, 0.3) is 0 Å². The van der Waals surface area contributed by atoms with Crippen molar-refractivity contribution >= 4 is 11.9 Å². The Hall–Kier alpha value is -2.66. The molecule has 0 radical (unpaired) electrons. The van der Waals surface area contributed by atoms with Gasteiger partial charge in [-0.25, -0.2) is 0 Å². The molecule has 0 fully saturated rings. The molecule has 0 bridgehead atoms. The van der Waals surface area contributed by atoms with E-state index in [9.17, 15) is 9.59 Å². The highest BCUT2D eigenvalue weighted by atomic mass is 16.6. The Morgan fingerprint density at radius 3 is 2.04 bits per heavy atom.